The first-order chi connectivity index (χ1) is 8.18. The van der Waals surface area contributed by atoms with Crippen molar-refractivity contribution in [3.8, 4) is 0 Å². The van der Waals surface area contributed by atoms with Crippen LogP contribution in [0.5, 0.6) is 0 Å². The van der Waals surface area contributed by atoms with Crippen molar-refractivity contribution in [3.05, 3.63) is 34.6 Å². The zero-order chi connectivity index (χ0) is 12.3. The highest BCUT2D eigenvalue weighted by Gasteiger charge is 2.24. The van der Waals surface area contributed by atoms with Crippen LogP contribution >= 0.6 is 11.6 Å². The van der Waals surface area contributed by atoms with Crippen molar-refractivity contribution < 1.29 is 9.50 Å². The van der Waals surface area contributed by atoms with E-state index in [-0.39, 0.29) is 16.9 Å². The van der Waals surface area contributed by atoms with Crippen molar-refractivity contribution in [2.45, 2.75) is 31.9 Å². The molecule has 17 heavy (non-hydrogen) atoms. The molecule has 1 aromatic carbocycles. The molecule has 2 nitrogen and oxygen atoms in total. The van der Waals surface area contributed by atoms with Gasteiger partial charge in [0.1, 0.15) is 5.82 Å². The van der Waals surface area contributed by atoms with Gasteiger partial charge in [0.05, 0.1) is 11.1 Å². The average molecular weight is 258 g/mol. The summed E-state index contributed by atoms with van der Waals surface area (Å²) < 4.78 is 13.2. The molecule has 2 rings (SSSR count). The molecule has 0 aromatic heterocycles. The van der Waals surface area contributed by atoms with E-state index in [1.54, 1.807) is 6.07 Å². The van der Waals surface area contributed by atoms with E-state index in [0.29, 0.717) is 12.5 Å². The number of nitrogens with one attached hydrogen (secondary N) is 1. The Morgan fingerprint density at radius 1 is 1.41 bits per heavy atom. The minimum absolute atomic E-state index is 0.187. The van der Waals surface area contributed by atoms with Crippen molar-refractivity contribution in [1.82, 2.24) is 5.32 Å². The van der Waals surface area contributed by atoms with Crippen LogP contribution < -0.4 is 5.32 Å². The Bertz CT molecular complexity index is 386. The molecule has 1 aliphatic carbocycles. The van der Waals surface area contributed by atoms with Crippen LogP contribution in [0.4, 0.5) is 4.39 Å². The summed E-state index contributed by atoms with van der Waals surface area (Å²) in [5, 5.41) is 13.1. The van der Waals surface area contributed by atoms with Gasteiger partial charge >= 0.3 is 0 Å². The second kappa shape index (κ2) is 5.80. The van der Waals surface area contributed by atoms with E-state index < -0.39 is 0 Å². The van der Waals surface area contributed by atoms with Crippen LogP contribution in [-0.2, 0) is 6.54 Å². The first-order valence-corrected chi connectivity index (χ1v) is 6.38. The summed E-state index contributed by atoms with van der Waals surface area (Å²) in [4.78, 5) is 0. The zero-order valence-corrected chi connectivity index (χ0v) is 10.4. The van der Waals surface area contributed by atoms with Gasteiger partial charge in [-0.25, -0.2) is 4.39 Å². The van der Waals surface area contributed by atoms with Crippen LogP contribution in [0.2, 0.25) is 5.02 Å². The SMILES string of the molecule is OC1CCCC1CNCc1cccc(F)c1Cl. The maximum absolute atomic E-state index is 13.2. The van der Waals surface area contributed by atoms with Gasteiger partial charge in [0.15, 0.2) is 0 Å². The summed E-state index contributed by atoms with van der Waals surface area (Å²) in [6.07, 6.45) is 2.86. The lowest BCUT2D eigenvalue weighted by atomic mass is 10.1. The smallest absolute Gasteiger partial charge is 0.142 e. The lowest BCUT2D eigenvalue weighted by Crippen LogP contribution is -2.27. The van der Waals surface area contributed by atoms with Crippen molar-refractivity contribution in [2.75, 3.05) is 6.54 Å². The van der Waals surface area contributed by atoms with Crippen LogP contribution in [0.25, 0.3) is 0 Å². The number of aliphatic hydroxyl groups excluding tert-OH is 1. The number of hydrogen-bond acceptors (Lipinski definition) is 2. The fraction of sp³-hybridized carbons (Fsp3) is 0.538. The third-order valence-electron chi connectivity index (χ3n) is 3.37. The van der Waals surface area contributed by atoms with E-state index in [1.165, 1.54) is 6.07 Å². The lowest BCUT2D eigenvalue weighted by molar-refractivity contribution is 0.131. The van der Waals surface area contributed by atoms with E-state index in [1.807, 2.05) is 6.07 Å². The van der Waals surface area contributed by atoms with Crippen LogP contribution in [0, 0.1) is 11.7 Å². The van der Waals surface area contributed by atoms with Crippen LogP contribution in [-0.4, -0.2) is 17.8 Å². The van der Waals surface area contributed by atoms with E-state index in [4.69, 9.17) is 11.6 Å². The van der Waals surface area contributed by atoms with Gasteiger partial charge < -0.3 is 10.4 Å². The second-order valence-corrected chi connectivity index (χ2v) is 4.98. The first-order valence-electron chi connectivity index (χ1n) is 6.00. The molecule has 0 heterocycles. The maximum Gasteiger partial charge on any atom is 0.142 e. The van der Waals surface area contributed by atoms with Gasteiger partial charge in [0.2, 0.25) is 0 Å². The fourth-order valence-corrected chi connectivity index (χ4v) is 2.53. The third kappa shape index (κ3) is 3.18. The van der Waals surface area contributed by atoms with Gasteiger partial charge in [-0.1, -0.05) is 30.2 Å². The van der Waals surface area contributed by atoms with Crippen LogP contribution in [0.3, 0.4) is 0 Å². The number of halogens is 2. The normalized spacial score (nSPS) is 24.2. The number of benzene rings is 1. The largest absolute Gasteiger partial charge is 0.393 e. The summed E-state index contributed by atoms with van der Waals surface area (Å²) in [7, 11) is 0. The van der Waals surface area contributed by atoms with Crippen molar-refractivity contribution in [2.24, 2.45) is 5.92 Å². The standard InChI is InChI=1S/C13H17ClFNO/c14-13-10(4-1-5-11(13)15)8-16-7-9-3-2-6-12(9)17/h1,4-5,9,12,16-17H,2-3,6-8H2. The topological polar surface area (TPSA) is 32.3 Å². The Hall–Kier alpha value is -0.640. The molecular formula is C13H17ClFNO. The van der Waals surface area contributed by atoms with E-state index in [9.17, 15) is 9.50 Å². The molecule has 94 valence electrons. The van der Waals surface area contributed by atoms with E-state index in [2.05, 4.69) is 5.32 Å². The van der Waals surface area contributed by atoms with Crippen molar-refractivity contribution >= 4 is 11.6 Å². The van der Waals surface area contributed by atoms with Gasteiger partial charge in [-0.3, -0.25) is 0 Å². The number of hydrogen-bond donors (Lipinski definition) is 2. The molecule has 0 amide bonds. The lowest BCUT2D eigenvalue weighted by Gasteiger charge is -2.15. The predicted molar refractivity (Wildman–Crippen MR) is 66.5 cm³/mol. The summed E-state index contributed by atoms with van der Waals surface area (Å²) in [5.41, 5.74) is 0.763. The highest BCUT2D eigenvalue weighted by atomic mass is 35.5. The molecular weight excluding hydrogens is 241 g/mol. The van der Waals surface area contributed by atoms with Gasteiger partial charge in [-0.2, -0.15) is 0 Å². The van der Waals surface area contributed by atoms with Gasteiger partial charge in [0, 0.05) is 13.1 Å². The maximum atomic E-state index is 13.2. The Kier molecular flexibility index (Phi) is 4.37. The van der Waals surface area contributed by atoms with Crippen LogP contribution in [0.1, 0.15) is 24.8 Å². The van der Waals surface area contributed by atoms with Crippen molar-refractivity contribution in [1.29, 1.82) is 0 Å². The predicted octanol–water partition coefficient (Wildman–Crippen LogP) is 2.73. The quantitative estimate of drug-likeness (QED) is 0.869. The number of aliphatic hydroxyl groups is 1. The zero-order valence-electron chi connectivity index (χ0n) is 9.63. The highest BCUT2D eigenvalue weighted by Crippen LogP contribution is 2.25. The molecule has 0 spiro atoms. The Morgan fingerprint density at radius 3 is 2.94 bits per heavy atom. The summed E-state index contributed by atoms with van der Waals surface area (Å²) in [5.74, 6) is -0.0609. The minimum atomic E-state index is -0.383. The molecule has 1 aliphatic rings. The van der Waals surface area contributed by atoms with Gasteiger partial charge in [-0.05, 0) is 30.4 Å². The molecule has 0 saturated heterocycles. The molecule has 0 bridgehead atoms. The van der Waals surface area contributed by atoms with Gasteiger partial charge in [-0.15, -0.1) is 0 Å². The third-order valence-corrected chi connectivity index (χ3v) is 3.80. The first kappa shape index (κ1) is 12.8. The molecule has 0 radical (unpaired) electrons. The van der Waals surface area contributed by atoms with E-state index >= 15 is 0 Å². The molecule has 2 N–H and O–H groups in total. The molecule has 1 saturated carbocycles. The summed E-state index contributed by atoms with van der Waals surface area (Å²) >= 11 is 5.85. The minimum Gasteiger partial charge on any atom is -0.393 e. The molecule has 2 unspecified atom stereocenters. The van der Waals surface area contributed by atoms with Crippen molar-refractivity contribution in [3.63, 3.8) is 0 Å². The molecule has 2 atom stereocenters. The monoisotopic (exact) mass is 257 g/mol. The number of rotatable bonds is 4. The summed E-state index contributed by atoms with van der Waals surface area (Å²) in [6.45, 7) is 1.30. The van der Waals surface area contributed by atoms with Gasteiger partial charge in [0.25, 0.3) is 0 Å². The van der Waals surface area contributed by atoms with Crippen LogP contribution in [0.15, 0.2) is 18.2 Å². The van der Waals surface area contributed by atoms with E-state index in [0.717, 1.165) is 31.4 Å². The fourth-order valence-electron chi connectivity index (χ4n) is 2.33. The molecule has 1 fully saturated rings. The Morgan fingerprint density at radius 2 is 2.24 bits per heavy atom. The Labute approximate surface area is 106 Å². The second-order valence-electron chi connectivity index (χ2n) is 4.60. The highest BCUT2D eigenvalue weighted by molar-refractivity contribution is 6.31. The Balaban J connectivity index is 1.84. The molecule has 0 aliphatic heterocycles. The summed E-state index contributed by atoms with van der Waals surface area (Å²) in [6, 6.07) is 4.82. The molecule has 1 aromatic rings. The average Bonchev–Trinajstić information content (AvgIpc) is 2.71. The molecule has 4 heteroatoms.